The zero-order valence-corrected chi connectivity index (χ0v) is 13.2. The summed E-state index contributed by atoms with van der Waals surface area (Å²) < 4.78 is 5.31. The Bertz CT molecular complexity index is 379. The zero-order chi connectivity index (χ0) is 14.3. The van der Waals surface area contributed by atoms with Gasteiger partial charge in [0.25, 0.3) is 0 Å². The summed E-state index contributed by atoms with van der Waals surface area (Å²) in [5, 5.41) is 3.51. The lowest BCUT2D eigenvalue weighted by Gasteiger charge is -2.19. The minimum atomic E-state index is 0.420. The van der Waals surface area contributed by atoms with Gasteiger partial charge in [-0.05, 0) is 42.7 Å². The van der Waals surface area contributed by atoms with Gasteiger partial charge in [-0.25, -0.2) is 0 Å². The first-order chi connectivity index (χ1) is 8.96. The minimum Gasteiger partial charge on any atom is -0.497 e. The van der Waals surface area contributed by atoms with E-state index in [1.807, 2.05) is 0 Å². The molecule has 0 aliphatic heterocycles. The summed E-state index contributed by atoms with van der Waals surface area (Å²) in [4.78, 5) is 0. The first-order valence-electron chi connectivity index (χ1n) is 7.37. The van der Waals surface area contributed by atoms with Crippen LogP contribution < -0.4 is 10.1 Å². The molecule has 0 saturated carbocycles. The predicted octanol–water partition coefficient (Wildman–Crippen LogP) is 4.89. The number of methoxy groups -OCH3 is 1. The van der Waals surface area contributed by atoms with Crippen molar-refractivity contribution in [3.05, 3.63) is 23.8 Å². The maximum Gasteiger partial charge on any atom is 0.120 e. The minimum absolute atomic E-state index is 0.420. The van der Waals surface area contributed by atoms with Crippen LogP contribution in [0.15, 0.2) is 18.2 Å². The normalized spacial score (nSPS) is 11.4. The van der Waals surface area contributed by atoms with E-state index in [1.54, 1.807) is 7.11 Å². The van der Waals surface area contributed by atoms with Gasteiger partial charge >= 0.3 is 0 Å². The lowest BCUT2D eigenvalue weighted by Crippen LogP contribution is -2.07. The molecule has 0 atom stereocenters. The summed E-state index contributed by atoms with van der Waals surface area (Å²) in [6, 6.07) is 6.37. The van der Waals surface area contributed by atoms with Crippen molar-refractivity contribution in [3.8, 4) is 5.75 Å². The van der Waals surface area contributed by atoms with Crippen molar-refractivity contribution in [1.29, 1.82) is 0 Å². The summed E-state index contributed by atoms with van der Waals surface area (Å²) >= 11 is 0. The first-order valence-corrected chi connectivity index (χ1v) is 7.37. The van der Waals surface area contributed by atoms with E-state index in [-0.39, 0.29) is 0 Å². The Hall–Kier alpha value is -1.18. The number of nitrogens with one attached hydrogen (secondary N) is 1. The number of anilines is 1. The fraction of sp³-hybridized carbons (Fsp3) is 0.647. The van der Waals surface area contributed by atoms with Crippen LogP contribution in [0.25, 0.3) is 0 Å². The average molecular weight is 263 g/mol. The van der Waals surface area contributed by atoms with Gasteiger partial charge in [0.05, 0.1) is 7.11 Å². The number of benzene rings is 1. The Labute approximate surface area is 118 Å². The Morgan fingerprint density at radius 2 is 1.95 bits per heavy atom. The Kier molecular flexibility index (Phi) is 6.20. The molecule has 0 unspecified atom stereocenters. The van der Waals surface area contributed by atoms with Crippen LogP contribution in [0.5, 0.6) is 5.75 Å². The number of aryl methyl sites for hydroxylation is 1. The Morgan fingerprint density at radius 1 is 1.21 bits per heavy atom. The van der Waals surface area contributed by atoms with Crippen LogP contribution in [0, 0.1) is 5.41 Å². The molecule has 0 aliphatic carbocycles. The Balaban J connectivity index is 2.69. The molecule has 19 heavy (non-hydrogen) atoms. The highest BCUT2D eigenvalue weighted by molar-refractivity contribution is 5.55. The fourth-order valence-electron chi connectivity index (χ4n) is 2.13. The number of hydrogen-bond donors (Lipinski definition) is 1. The predicted molar refractivity (Wildman–Crippen MR) is 84.2 cm³/mol. The molecule has 1 aromatic carbocycles. The number of hydrogen-bond acceptors (Lipinski definition) is 2. The maximum atomic E-state index is 5.31. The zero-order valence-electron chi connectivity index (χ0n) is 13.2. The van der Waals surface area contributed by atoms with Gasteiger partial charge in [0.1, 0.15) is 5.75 Å². The van der Waals surface area contributed by atoms with Gasteiger partial charge in [0.15, 0.2) is 0 Å². The topological polar surface area (TPSA) is 21.3 Å². The SMILES string of the molecule is CCCNc1cc(OC)ccc1CCCC(C)(C)C. The molecule has 1 aromatic rings. The van der Waals surface area contributed by atoms with Crippen molar-refractivity contribution in [2.45, 2.75) is 53.4 Å². The average Bonchev–Trinajstić information content (AvgIpc) is 2.35. The van der Waals surface area contributed by atoms with Crippen molar-refractivity contribution >= 4 is 5.69 Å². The van der Waals surface area contributed by atoms with Crippen LogP contribution in [0.2, 0.25) is 0 Å². The van der Waals surface area contributed by atoms with Crippen LogP contribution in [-0.2, 0) is 6.42 Å². The van der Waals surface area contributed by atoms with Crippen molar-refractivity contribution < 1.29 is 4.74 Å². The maximum absolute atomic E-state index is 5.31. The van der Waals surface area contributed by atoms with E-state index in [9.17, 15) is 0 Å². The number of ether oxygens (including phenoxy) is 1. The Morgan fingerprint density at radius 3 is 2.53 bits per heavy atom. The van der Waals surface area contributed by atoms with E-state index < -0.39 is 0 Å². The van der Waals surface area contributed by atoms with E-state index in [0.29, 0.717) is 5.41 Å². The summed E-state index contributed by atoms with van der Waals surface area (Å²) in [5.74, 6) is 0.929. The third-order valence-corrected chi connectivity index (χ3v) is 3.26. The molecule has 0 spiro atoms. The molecule has 0 aliphatic rings. The molecule has 1 N–H and O–H groups in total. The molecule has 0 fully saturated rings. The van der Waals surface area contributed by atoms with Gasteiger partial charge in [-0.15, -0.1) is 0 Å². The second-order valence-electron chi connectivity index (χ2n) is 6.36. The van der Waals surface area contributed by atoms with Crippen LogP contribution >= 0.6 is 0 Å². The lowest BCUT2D eigenvalue weighted by atomic mass is 9.89. The summed E-state index contributed by atoms with van der Waals surface area (Å²) in [5.41, 5.74) is 3.05. The van der Waals surface area contributed by atoms with Gasteiger partial charge < -0.3 is 10.1 Å². The molecule has 0 bridgehead atoms. The third-order valence-electron chi connectivity index (χ3n) is 3.26. The fourth-order valence-corrected chi connectivity index (χ4v) is 2.13. The van der Waals surface area contributed by atoms with E-state index in [1.165, 1.54) is 24.1 Å². The third kappa shape index (κ3) is 6.00. The van der Waals surface area contributed by atoms with Crippen LogP contribution in [0.1, 0.15) is 52.5 Å². The standard InChI is InChI=1S/C17H29NO/c1-6-12-18-16-13-15(19-5)10-9-14(16)8-7-11-17(2,3)4/h9-10,13,18H,6-8,11-12H2,1-5H3. The summed E-state index contributed by atoms with van der Waals surface area (Å²) in [7, 11) is 1.72. The van der Waals surface area contributed by atoms with Gasteiger partial charge in [-0.1, -0.05) is 33.8 Å². The van der Waals surface area contributed by atoms with Gasteiger partial charge in [-0.2, -0.15) is 0 Å². The smallest absolute Gasteiger partial charge is 0.120 e. The molecule has 0 saturated heterocycles. The molecule has 2 heteroatoms. The number of rotatable bonds is 7. The van der Waals surface area contributed by atoms with E-state index in [2.05, 4.69) is 51.2 Å². The first kappa shape index (κ1) is 15.9. The second kappa shape index (κ2) is 7.42. The van der Waals surface area contributed by atoms with Crippen LogP contribution in [0.4, 0.5) is 5.69 Å². The van der Waals surface area contributed by atoms with E-state index in [4.69, 9.17) is 4.74 Å². The van der Waals surface area contributed by atoms with Gasteiger partial charge in [-0.3, -0.25) is 0 Å². The van der Waals surface area contributed by atoms with Gasteiger partial charge in [0, 0.05) is 18.3 Å². The largest absolute Gasteiger partial charge is 0.497 e. The van der Waals surface area contributed by atoms with E-state index >= 15 is 0 Å². The van der Waals surface area contributed by atoms with Crippen molar-refractivity contribution in [1.82, 2.24) is 0 Å². The monoisotopic (exact) mass is 263 g/mol. The quantitative estimate of drug-likeness (QED) is 0.756. The van der Waals surface area contributed by atoms with Crippen molar-refractivity contribution in [3.63, 3.8) is 0 Å². The highest BCUT2D eigenvalue weighted by Crippen LogP contribution is 2.27. The van der Waals surface area contributed by atoms with Gasteiger partial charge in [0.2, 0.25) is 0 Å². The summed E-state index contributed by atoms with van der Waals surface area (Å²) in [6.45, 7) is 10.1. The summed E-state index contributed by atoms with van der Waals surface area (Å²) in [6.07, 6.45) is 4.76. The van der Waals surface area contributed by atoms with Crippen molar-refractivity contribution in [2.75, 3.05) is 19.0 Å². The molecule has 1 rings (SSSR count). The molecular weight excluding hydrogens is 234 g/mol. The molecule has 0 radical (unpaired) electrons. The second-order valence-corrected chi connectivity index (χ2v) is 6.36. The molecule has 0 amide bonds. The molecule has 0 aromatic heterocycles. The molecular formula is C17H29NO. The molecule has 108 valence electrons. The van der Waals surface area contributed by atoms with E-state index in [0.717, 1.165) is 25.1 Å². The molecule has 0 heterocycles. The van der Waals surface area contributed by atoms with Crippen LogP contribution in [-0.4, -0.2) is 13.7 Å². The molecule has 2 nitrogen and oxygen atoms in total. The van der Waals surface area contributed by atoms with Crippen LogP contribution in [0.3, 0.4) is 0 Å². The highest BCUT2D eigenvalue weighted by atomic mass is 16.5. The lowest BCUT2D eigenvalue weighted by molar-refractivity contribution is 0.365. The highest BCUT2D eigenvalue weighted by Gasteiger charge is 2.11. The van der Waals surface area contributed by atoms with Crippen molar-refractivity contribution in [2.24, 2.45) is 5.41 Å².